The van der Waals surface area contributed by atoms with E-state index in [4.69, 9.17) is 9.78 Å². The highest BCUT2D eigenvalue weighted by molar-refractivity contribution is 4.62. The van der Waals surface area contributed by atoms with Crippen molar-refractivity contribution < 1.29 is 9.78 Å². The summed E-state index contributed by atoms with van der Waals surface area (Å²) < 4.78 is 0. The van der Waals surface area contributed by atoms with Crippen LogP contribution in [0.25, 0.3) is 0 Å². The molecule has 0 N–H and O–H groups in total. The zero-order chi connectivity index (χ0) is 9.61. The molecule has 12 heavy (non-hydrogen) atoms. The van der Waals surface area contributed by atoms with E-state index in [-0.39, 0.29) is 5.60 Å². The molecule has 0 heterocycles. The van der Waals surface area contributed by atoms with Gasteiger partial charge in [0.05, 0.1) is 12.2 Å². The number of hydrogen-bond acceptors (Lipinski definition) is 2. The Hall–Kier alpha value is -0.0800. The largest absolute Gasteiger partial charge is 0.236 e. The highest BCUT2D eigenvalue weighted by Crippen LogP contribution is 2.14. The Kier molecular flexibility index (Phi) is 5.51. The molecular weight excluding hydrogens is 152 g/mol. The third-order valence-electron chi connectivity index (χ3n) is 2.19. The second kappa shape index (κ2) is 5.55. The number of hydrogen-bond donors (Lipinski definition) is 0. The quantitative estimate of drug-likeness (QED) is 0.455. The molecular formula is C10H22O2. The van der Waals surface area contributed by atoms with Crippen LogP contribution in [0.2, 0.25) is 0 Å². The molecule has 1 unspecified atom stereocenters. The maximum absolute atomic E-state index is 5.25. The van der Waals surface area contributed by atoms with Crippen molar-refractivity contribution in [3.8, 4) is 0 Å². The van der Waals surface area contributed by atoms with Crippen molar-refractivity contribution in [3.63, 3.8) is 0 Å². The summed E-state index contributed by atoms with van der Waals surface area (Å²) in [5, 5.41) is 0. The maximum atomic E-state index is 5.25. The molecule has 0 aromatic carbocycles. The van der Waals surface area contributed by atoms with Gasteiger partial charge >= 0.3 is 0 Å². The molecule has 0 rings (SSSR count). The fourth-order valence-electron chi connectivity index (χ4n) is 0.486. The van der Waals surface area contributed by atoms with Gasteiger partial charge in [-0.3, -0.25) is 0 Å². The molecule has 0 fully saturated rings. The standard InChI is InChI=1S/C10H22O2/c1-6-9(3)8-11-12-10(4,5)7-2/h9H,6-8H2,1-5H3. The highest BCUT2D eigenvalue weighted by atomic mass is 17.2. The van der Waals surface area contributed by atoms with E-state index >= 15 is 0 Å². The molecule has 0 aliphatic rings. The summed E-state index contributed by atoms with van der Waals surface area (Å²) in [6.45, 7) is 11.2. The monoisotopic (exact) mass is 174 g/mol. The lowest BCUT2D eigenvalue weighted by Crippen LogP contribution is -2.24. The van der Waals surface area contributed by atoms with E-state index in [2.05, 4.69) is 20.8 Å². The van der Waals surface area contributed by atoms with Crippen LogP contribution in [0.5, 0.6) is 0 Å². The Morgan fingerprint density at radius 1 is 1.25 bits per heavy atom. The summed E-state index contributed by atoms with van der Waals surface area (Å²) in [5.74, 6) is 0.581. The zero-order valence-electron chi connectivity index (χ0n) is 9.02. The van der Waals surface area contributed by atoms with Crippen LogP contribution in [-0.4, -0.2) is 12.2 Å². The molecule has 0 saturated carbocycles. The summed E-state index contributed by atoms with van der Waals surface area (Å²) in [6, 6.07) is 0. The maximum Gasteiger partial charge on any atom is 0.0977 e. The number of rotatable bonds is 6. The lowest BCUT2D eigenvalue weighted by atomic mass is 10.1. The molecule has 0 saturated heterocycles. The molecule has 0 radical (unpaired) electrons. The van der Waals surface area contributed by atoms with Crippen LogP contribution in [0.15, 0.2) is 0 Å². The van der Waals surface area contributed by atoms with E-state index in [1.54, 1.807) is 0 Å². The van der Waals surface area contributed by atoms with Crippen molar-refractivity contribution in [2.24, 2.45) is 5.92 Å². The minimum Gasteiger partial charge on any atom is -0.236 e. The van der Waals surface area contributed by atoms with Crippen LogP contribution in [0, 0.1) is 5.92 Å². The summed E-state index contributed by atoms with van der Waals surface area (Å²) in [7, 11) is 0. The SMILES string of the molecule is CCC(C)COOC(C)(C)CC. The van der Waals surface area contributed by atoms with Crippen LogP contribution >= 0.6 is 0 Å². The van der Waals surface area contributed by atoms with Crippen molar-refractivity contribution in [2.45, 2.75) is 53.1 Å². The predicted octanol–water partition coefficient (Wildman–Crippen LogP) is 3.17. The Balaban J connectivity index is 3.42. The second-order valence-electron chi connectivity index (χ2n) is 3.99. The summed E-state index contributed by atoms with van der Waals surface area (Å²) >= 11 is 0. The van der Waals surface area contributed by atoms with Crippen LogP contribution < -0.4 is 0 Å². The molecule has 74 valence electrons. The minimum absolute atomic E-state index is 0.145. The van der Waals surface area contributed by atoms with Crippen molar-refractivity contribution >= 4 is 0 Å². The van der Waals surface area contributed by atoms with Gasteiger partial charge in [0.1, 0.15) is 0 Å². The van der Waals surface area contributed by atoms with Gasteiger partial charge in [-0.25, -0.2) is 9.78 Å². The van der Waals surface area contributed by atoms with Crippen molar-refractivity contribution in [1.29, 1.82) is 0 Å². The fraction of sp³-hybridized carbons (Fsp3) is 1.00. The normalized spacial score (nSPS) is 14.8. The average Bonchev–Trinajstić information content (AvgIpc) is 2.04. The van der Waals surface area contributed by atoms with E-state index in [9.17, 15) is 0 Å². The Bertz CT molecular complexity index is 110. The zero-order valence-corrected chi connectivity index (χ0v) is 9.02. The van der Waals surface area contributed by atoms with E-state index < -0.39 is 0 Å². The smallest absolute Gasteiger partial charge is 0.0977 e. The lowest BCUT2D eigenvalue weighted by molar-refractivity contribution is -0.358. The molecule has 1 atom stereocenters. The first-order valence-corrected chi connectivity index (χ1v) is 4.82. The van der Waals surface area contributed by atoms with Crippen molar-refractivity contribution in [1.82, 2.24) is 0 Å². The molecule has 0 aliphatic heterocycles. The lowest BCUT2D eigenvalue weighted by Gasteiger charge is -2.22. The summed E-state index contributed by atoms with van der Waals surface area (Å²) in [5.41, 5.74) is -0.145. The van der Waals surface area contributed by atoms with Gasteiger partial charge in [-0.05, 0) is 26.2 Å². The van der Waals surface area contributed by atoms with Gasteiger partial charge in [-0.15, -0.1) is 0 Å². The molecule has 0 spiro atoms. The van der Waals surface area contributed by atoms with Crippen LogP contribution in [0.1, 0.15) is 47.5 Å². The third kappa shape index (κ3) is 5.56. The van der Waals surface area contributed by atoms with Crippen molar-refractivity contribution in [3.05, 3.63) is 0 Å². The molecule has 0 amide bonds. The highest BCUT2D eigenvalue weighted by Gasteiger charge is 2.16. The van der Waals surface area contributed by atoms with Gasteiger partial charge < -0.3 is 0 Å². The first-order valence-electron chi connectivity index (χ1n) is 4.82. The minimum atomic E-state index is -0.145. The molecule has 0 bridgehead atoms. The molecule has 2 nitrogen and oxygen atoms in total. The van der Waals surface area contributed by atoms with Gasteiger partial charge in [0.15, 0.2) is 0 Å². The van der Waals surface area contributed by atoms with Crippen molar-refractivity contribution in [2.75, 3.05) is 6.61 Å². The summed E-state index contributed by atoms with van der Waals surface area (Å²) in [6.07, 6.45) is 2.10. The summed E-state index contributed by atoms with van der Waals surface area (Å²) in [4.78, 5) is 10.4. The molecule has 0 aromatic heterocycles. The Morgan fingerprint density at radius 3 is 2.25 bits per heavy atom. The Morgan fingerprint density at radius 2 is 1.83 bits per heavy atom. The van der Waals surface area contributed by atoms with Crippen LogP contribution in [0.3, 0.4) is 0 Å². The van der Waals surface area contributed by atoms with Crippen LogP contribution in [0.4, 0.5) is 0 Å². The molecule has 0 aliphatic carbocycles. The van der Waals surface area contributed by atoms with Gasteiger partial charge in [0, 0.05) is 0 Å². The topological polar surface area (TPSA) is 18.5 Å². The Labute approximate surface area is 76.2 Å². The third-order valence-corrected chi connectivity index (χ3v) is 2.19. The van der Waals surface area contributed by atoms with E-state index in [0.717, 1.165) is 12.8 Å². The van der Waals surface area contributed by atoms with E-state index in [1.165, 1.54) is 0 Å². The first-order chi connectivity index (χ1) is 5.52. The fourth-order valence-corrected chi connectivity index (χ4v) is 0.486. The van der Waals surface area contributed by atoms with Gasteiger partial charge in [0.25, 0.3) is 0 Å². The van der Waals surface area contributed by atoms with E-state index in [1.807, 2.05) is 13.8 Å². The van der Waals surface area contributed by atoms with Gasteiger partial charge in [0.2, 0.25) is 0 Å². The second-order valence-corrected chi connectivity index (χ2v) is 3.99. The first kappa shape index (κ1) is 11.9. The average molecular weight is 174 g/mol. The predicted molar refractivity (Wildman–Crippen MR) is 50.9 cm³/mol. The van der Waals surface area contributed by atoms with Gasteiger partial charge in [-0.1, -0.05) is 27.2 Å². The van der Waals surface area contributed by atoms with E-state index in [0.29, 0.717) is 12.5 Å². The molecule has 0 aromatic rings. The van der Waals surface area contributed by atoms with Crippen LogP contribution in [-0.2, 0) is 9.78 Å². The van der Waals surface area contributed by atoms with Gasteiger partial charge in [-0.2, -0.15) is 0 Å². The molecule has 2 heteroatoms.